The highest BCUT2D eigenvalue weighted by Crippen LogP contribution is 2.06. The third-order valence-corrected chi connectivity index (χ3v) is 2.76. The van der Waals surface area contributed by atoms with Gasteiger partial charge in [-0.05, 0) is 18.6 Å². The lowest BCUT2D eigenvalue weighted by Gasteiger charge is -2.10. The molecular weight excluding hydrogens is 260 g/mol. The Bertz CT molecular complexity index is 609. The van der Waals surface area contributed by atoms with Crippen LogP contribution in [-0.2, 0) is 4.79 Å². The fraction of sp³-hybridized carbons (Fsp3) is 0.231. The SMILES string of the molecule is CCC(NC(=O)c1cn(-c2ccccc2)nn1)C(=O)O. The molecule has 104 valence electrons. The lowest BCUT2D eigenvalue weighted by atomic mass is 10.2. The molecule has 0 saturated carbocycles. The second kappa shape index (κ2) is 5.96. The molecule has 0 aliphatic heterocycles. The molecule has 1 atom stereocenters. The Labute approximate surface area is 115 Å². The molecule has 0 radical (unpaired) electrons. The van der Waals surface area contributed by atoms with Crippen LogP contribution in [0.25, 0.3) is 5.69 Å². The number of carboxylic acid groups (broad SMARTS) is 1. The number of aliphatic carboxylic acids is 1. The van der Waals surface area contributed by atoms with Gasteiger partial charge in [0.1, 0.15) is 6.04 Å². The molecule has 2 aromatic rings. The molecule has 0 fully saturated rings. The number of carbonyl (C=O) groups excluding carboxylic acids is 1. The number of carbonyl (C=O) groups is 2. The number of aromatic nitrogens is 3. The number of hydrogen-bond donors (Lipinski definition) is 2. The topological polar surface area (TPSA) is 97.1 Å². The van der Waals surface area contributed by atoms with Crippen LogP contribution in [0.15, 0.2) is 36.5 Å². The van der Waals surface area contributed by atoms with E-state index in [9.17, 15) is 9.59 Å². The molecule has 1 amide bonds. The summed E-state index contributed by atoms with van der Waals surface area (Å²) in [6.07, 6.45) is 1.76. The van der Waals surface area contributed by atoms with E-state index in [1.165, 1.54) is 10.9 Å². The lowest BCUT2D eigenvalue weighted by molar-refractivity contribution is -0.139. The van der Waals surface area contributed by atoms with Crippen LogP contribution < -0.4 is 5.32 Å². The summed E-state index contributed by atoms with van der Waals surface area (Å²) in [7, 11) is 0. The Hall–Kier alpha value is -2.70. The summed E-state index contributed by atoms with van der Waals surface area (Å²) in [6.45, 7) is 1.68. The minimum absolute atomic E-state index is 0.0774. The van der Waals surface area contributed by atoms with Gasteiger partial charge >= 0.3 is 5.97 Å². The first-order chi connectivity index (χ1) is 9.61. The van der Waals surface area contributed by atoms with Gasteiger partial charge in [-0.3, -0.25) is 4.79 Å². The number of carboxylic acids is 1. The van der Waals surface area contributed by atoms with Crippen molar-refractivity contribution in [2.75, 3.05) is 0 Å². The van der Waals surface area contributed by atoms with Crippen molar-refractivity contribution in [2.45, 2.75) is 19.4 Å². The van der Waals surface area contributed by atoms with E-state index in [0.29, 0.717) is 6.42 Å². The van der Waals surface area contributed by atoms with Crippen molar-refractivity contribution < 1.29 is 14.7 Å². The maximum absolute atomic E-state index is 11.9. The van der Waals surface area contributed by atoms with Gasteiger partial charge in [-0.1, -0.05) is 30.3 Å². The van der Waals surface area contributed by atoms with Crippen molar-refractivity contribution >= 4 is 11.9 Å². The molecule has 20 heavy (non-hydrogen) atoms. The first kappa shape index (κ1) is 13.7. The molecule has 7 heteroatoms. The maximum Gasteiger partial charge on any atom is 0.326 e. The molecule has 1 heterocycles. The summed E-state index contributed by atoms with van der Waals surface area (Å²) in [5.41, 5.74) is 0.845. The molecule has 2 N–H and O–H groups in total. The fourth-order valence-electron chi connectivity index (χ4n) is 1.65. The number of nitrogens with one attached hydrogen (secondary N) is 1. The molecule has 7 nitrogen and oxygen atoms in total. The number of amides is 1. The predicted molar refractivity (Wildman–Crippen MR) is 70.5 cm³/mol. The minimum atomic E-state index is -1.07. The van der Waals surface area contributed by atoms with Crippen molar-refractivity contribution in [1.29, 1.82) is 0 Å². The van der Waals surface area contributed by atoms with Gasteiger partial charge in [0, 0.05) is 0 Å². The van der Waals surface area contributed by atoms with Crippen LogP contribution in [-0.4, -0.2) is 38.0 Å². The Morgan fingerprint density at radius 3 is 2.65 bits per heavy atom. The molecule has 0 aliphatic carbocycles. The molecule has 0 aliphatic rings. The van der Waals surface area contributed by atoms with Gasteiger partial charge in [0.25, 0.3) is 5.91 Å². The van der Waals surface area contributed by atoms with E-state index in [2.05, 4.69) is 15.6 Å². The zero-order valence-electron chi connectivity index (χ0n) is 10.9. The van der Waals surface area contributed by atoms with Crippen LogP contribution >= 0.6 is 0 Å². The Morgan fingerprint density at radius 1 is 1.35 bits per heavy atom. The molecule has 1 aromatic heterocycles. The van der Waals surface area contributed by atoms with Gasteiger partial charge in [0.05, 0.1) is 11.9 Å². The van der Waals surface area contributed by atoms with Crippen LogP contribution in [0, 0.1) is 0 Å². The number of hydrogen-bond acceptors (Lipinski definition) is 4. The van der Waals surface area contributed by atoms with E-state index in [4.69, 9.17) is 5.11 Å². The zero-order valence-corrected chi connectivity index (χ0v) is 10.9. The Kier molecular flexibility index (Phi) is 4.09. The van der Waals surface area contributed by atoms with E-state index in [1.807, 2.05) is 30.3 Å². The van der Waals surface area contributed by atoms with E-state index in [1.54, 1.807) is 6.92 Å². The molecule has 0 spiro atoms. The van der Waals surface area contributed by atoms with Gasteiger partial charge in [-0.15, -0.1) is 5.10 Å². The van der Waals surface area contributed by atoms with Crippen molar-refractivity contribution in [1.82, 2.24) is 20.3 Å². The van der Waals surface area contributed by atoms with E-state index in [-0.39, 0.29) is 5.69 Å². The summed E-state index contributed by atoms with van der Waals surface area (Å²) < 4.78 is 1.45. The number of benzene rings is 1. The smallest absolute Gasteiger partial charge is 0.326 e. The van der Waals surface area contributed by atoms with E-state index in [0.717, 1.165) is 5.69 Å². The van der Waals surface area contributed by atoms with Gasteiger partial charge in [-0.25, -0.2) is 9.48 Å². The average molecular weight is 274 g/mol. The first-order valence-corrected chi connectivity index (χ1v) is 6.13. The standard InChI is InChI=1S/C13H14N4O3/c1-2-10(13(19)20)14-12(18)11-8-17(16-15-11)9-6-4-3-5-7-9/h3-8,10H,2H2,1H3,(H,14,18)(H,19,20). The summed E-state index contributed by atoms with van der Waals surface area (Å²) in [6, 6.07) is 8.27. The van der Waals surface area contributed by atoms with Gasteiger partial charge in [-0.2, -0.15) is 0 Å². The number of rotatable bonds is 5. The predicted octanol–water partition coefficient (Wildman–Crippen LogP) is 0.860. The first-order valence-electron chi connectivity index (χ1n) is 6.13. The van der Waals surface area contributed by atoms with Gasteiger partial charge < -0.3 is 10.4 Å². The van der Waals surface area contributed by atoms with Crippen LogP contribution in [0.3, 0.4) is 0 Å². The minimum Gasteiger partial charge on any atom is -0.480 e. The normalized spacial score (nSPS) is 11.8. The van der Waals surface area contributed by atoms with Crippen molar-refractivity contribution in [3.8, 4) is 5.69 Å². The number of nitrogens with zero attached hydrogens (tertiary/aromatic N) is 3. The van der Waals surface area contributed by atoms with Crippen LogP contribution in [0.2, 0.25) is 0 Å². The zero-order chi connectivity index (χ0) is 14.5. The van der Waals surface area contributed by atoms with Gasteiger partial charge in [0.15, 0.2) is 5.69 Å². The third kappa shape index (κ3) is 3.00. The largest absolute Gasteiger partial charge is 0.480 e. The van der Waals surface area contributed by atoms with E-state index >= 15 is 0 Å². The highest BCUT2D eigenvalue weighted by Gasteiger charge is 2.20. The molecule has 1 aromatic carbocycles. The van der Waals surface area contributed by atoms with Gasteiger partial charge in [0.2, 0.25) is 0 Å². The Balaban J connectivity index is 2.13. The van der Waals surface area contributed by atoms with Crippen LogP contribution in [0.1, 0.15) is 23.8 Å². The Morgan fingerprint density at radius 2 is 2.05 bits per heavy atom. The monoisotopic (exact) mass is 274 g/mol. The van der Waals surface area contributed by atoms with E-state index < -0.39 is 17.9 Å². The molecule has 0 bridgehead atoms. The second-order valence-electron chi connectivity index (χ2n) is 4.16. The number of para-hydroxylation sites is 1. The molecule has 0 saturated heterocycles. The maximum atomic E-state index is 11.9. The summed E-state index contributed by atoms with van der Waals surface area (Å²) >= 11 is 0. The van der Waals surface area contributed by atoms with Crippen LogP contribution in [0.5, 0.6) is 0 Å². The second-order valence-corrected chi connectivity index (χ2v) is 4.16. The van der Waals surface area contributed by atoms with Crippen LogP contribution in [0.4, 0.5) is 0 Å². The quantitative estimate of drug-likeness (QED) is 0.842. The fourth-order valence-corrected chi connectivity index (χ4v) is 1.65. The van der Waals surface area contributed by atoms with Crippen molar-refractivity contribution in [2.24, 2.45) is 0 Å². The highest BCUT2D eigenvalue weighted by atomic mass is 16.4. The average Bonchev–Trinajstić information content (AvgIpc) is 2.95. The molecule has 2 rings (SSSR count). The van der Waals surface area contributed by atoms with Crippen molar-refractivity contribution in [3.05, 3.63) is 42.2 Å². The summed E-state index contributed by atoms with van der Waals surface area (Å²) in [5.74, 6) is -1.63. The van der Waals surface area contributed by atoms with Crippen molar-refractivity contribution in [3.63, 3.8) is 0 Å². The summed E-state index contributed by atoms with van der Waals surface area (Å²) in [5, 5.41) is 18.9. The molecular formula is C13H14N4O3. The highest BCUT2D eigenvalue weighted by molar-refractivity contribution is 5.94. The third-order valence-electron chi connectivity index (χ3n) is 2.76. The molecule has 1 unspecified atom stereocenters. The lowest BCUT2D eigenvalue weighted by Crippen LogP contribution is -2.40. The summed E-state index contributed by atoms with van der Waals surface area (Å²) in [4.78, 5) is 22.7.